The third-order valence-corrected chi connectivity index (χ3v) is 6.59. The molecule has 1 N–H and O–H groups in total. The number of carbonyl (C=O) groups excluding carboxylic acids is 1. The van der Waals surface area contributed by atoms with Crippen LogP contribution in [0.2, 0.25) is 0 Å². The van der Waals surface area contributed by atoms with Crippen LogP contribution < -0.4 is 0 Å². The van der Waals surface area contributed by atoms with Gasteiger partial charge in [0.15, 0.2) is 0 Å². The number of carbonyl (C=O) groups is 1. The minimum atomic E-state index is -0.253. The van der Waals surface area contributed by atoms with Gasteiger partial charge in [-0.3, -0.25) is 9.78 Å². The van der Waals surface area contributed by atoms with Crippen molar-refractivity contribution in [3.8, 4) is 0 Å². The van der Waals surface area contributed by atoms with Crippen molar-refractivity contribution in [2.45, 2.75) is 64.3 Å². The Kier molecular flexibility index (Phi) is 9.89. The first-order valence-electron chi connectivity index (χ1n) is 12.2. The van der Waals surface area contributed by atoms with Crippen molar-refractivity contribution in [3.05, 3.63) is 77.0 Å². The van der Waals surface area contributed by atoms with E-state index >= 15 is 0 Å². The van der Waals surface area contributed by atoms with E-state index < -0.39 is 0 Å². The fourth-order valence-corrected chi connectivity index (χ4v) is 4.92. The van der Waals surface area contributed by atoms with Gasteiger partial charge < -0.3 is 10.1 Å². The van der Waals surface area contributed by atoms with Crippen molar-refractivity contribution in [3.63, 3.8) is 0 Å². The zero-order chi connectivity index (χ0) is 22.9. The standard InChI is InChI=1S/C28H33N3O2.ClH/c32-28(20-29-33)31(21-22-12-4-3-5-13-22)19-11-2-1-6-14-23-24-15-7-9-17-26(24)30-27-18-10-8-16-25(23)27;/h3-5,7,9,12-13,15,17,20,33H,1-2,6,8,10-11,14,16,18-19,21H2;1H/b29-20+;. The number of hydrogen-bond acceptors (Lipinski definition) is 4. The van der Waals surface area contributed by atoms with Gasteiger partial charge in [-0.25, -0.2) is 0 Å². The molecule has 0 fully saturated rings. The first kappa shape index (κ1) is 25.7. The number of rotatable bonds is 10. The van der Waals surface area contributed by atoms with Crippen LogP contribution in [-0.4, -0.2) is 33.8 Å². The highest BCUT2D eigenvalue weighted by Gasteiger charge is 2.17. The third kappa shape index (κ3) is 6.57. The fraction of sp³-hybridized carbons (Fsp3) is 0.393. The van der Waals surface area contributed by atoms with Gasteiger partial charge in [0, 0.05) is 24.2 Å². The molecule has 0 atom stereocenters. The molecule has 34 heavy (non-hydrogen) atoms. The topological polar surface area (TPSA) is 65.8 Å². The van der Waals surface area contributed by atoms with Gasteiger partial charge in [0.25, 0.3) is 5.91 Å². The predicted octanol–water partition coefficient (Wildman–Crippen LogP) is 6.13. The molecule has 2 aromatic carbocycles. The Bertz CT molecular complexity index is 1100. The normalized spacial score (nSPS) is 12.9. The van der Waals surface area contributed by atoms with Crippen molar-refractivity contribution < 1.29 is 10.0 Å². The summed E-state index contributed by atoms with van der Waals surface area (Å²) < 4.78 is 0. The zero-order valence-corrected chi connectivity index (χ0v) is 20.5. The van der Waals surface area contributed by atoms with Crippen molar-refractivity contribution in [2.24, 2.45) is 5.16 Å². The smallest absolute Gasteiger partial charge is 0.268 e. The maximum Gasteiger partial charge on any atom is 0.268 e. The summed E-state index contributed by atoms with van der Waals surface area (Å²) in [7, 11) is 0. The molecule has 1 amide bonds. The number of halogens is 1. The summed E-state index contributed by atoms with van der Waals surface area (Å²) in [5.41, 5.74) is 6.54. The van der Waals surface area contributed by atoms with Crippen LogP contribution in [0.15, 0.2) is 59.8 Å². The molecule has 0 unspecified atom stereocenters. The average Bonchev–Trinajstić information content (AvgIpc) is 2.85. The molecule has 4 rings (SSSR count). The van der Waals surface area contributed by atoms with Crippen LogP contribution in [0.4, 0.5) is 0 Å². The van der Waals surface area contributed by atoms with Crippen LogP contribution >= 0.6 is 12.4 Å². The van der Waals surface area contributed by atoms with E-state index in [2.05, 4.69) is 29.4 Å². The number of benzene rings is 2. The lowest BCUT2D eigenvalue weighted by Gasteiger charge is -2.21. The molecule has 0 aliphatic heterocycles. The van der Waals surface area contributed by atoms with Crippen molar-refractivity contribution in [1.82, 2.24) is 9.88 Å². The molecular formula is C28H34ClN3O2. The van der Waals surface area contributed by atoms with Crippen molar-refractivity contribution in [2.75, 3.05) is 6.54 Å². The van der Waals surface area contributed by atoms with Crippen LogP contribution in [-0.2, 0) is 30.6 Å². The van der Waals surface area contributed by atoms with Gasteiger partial charge in [0.05, 0.1) is 5.52 Å². The molecule has 1 aromatic heterocycles. The molecule has 0 spiro atoms. The number of amides is 1. The van der Waals surface area contributed by atoms with E-state index in [0.717, 1.165) is 62.2 Å². The first-order chi connectivity index (χ1) is 16.3. The van der Waals surface area contributed by atoms with Crippen molar-refractivity contribution >= 4 is 35.4 Å². The van der Waals surface area contributed by atoms with E-state index in [9.17, 15) is 4.79 Å². The predicted molar refractivity (Wildman–Crippen MR) is 140 cm³/mol. The van der Waals surface area contributed by atoms with Gasteiger partial charge in [-0.1, -0.05) is 66.5 Å². The van der Waals surface area contributed by atoms with Crippen LogP contribution in [0.25, 0.3) is 10.9 Å². The number of aromatic nitrogens is 1. The highest BCUT2D eigenvalue weighted by Crippen LogP contribution is 2.30. The summed E-state index contributed by atoms with van der Waals surface area (Å²) in [4.78, 5) is 19.0. The molecule has 180 valence electrons. The maximum atomic E-state index is 12.3. The van der Waals surface area contributed by atoms with Gasteiger partial charge >= 0.3 is 0 Å². The van der Waals surface area contributed by atoms with Gasteiger partial charge in [-0.15, -0.1) is 12.4 Å². The summed E-state index contributed by atoms with van der Waals surface area (Å²) in [5, 5.41) is 13.0. The van der Waals surface area contributed by atoms with E-state index in [4.69, 9.17) is 10.2 Å². The molecular weight excluding hydrogens is 446 g/mol. The minimum absolute atomic E-state index is 0. The molecule has 0 radical (unpaired) electrons. The number of pyridine rings is 1. The van der Waals surface area contributed by atoms with E-state index in [-0.39, 0.29) is 18.3 Å². The Morgan fingerprint density at radius 2 is 1.71 bits per heavy atom. The first-order valence-corrected chi connectivity index (χ1v) is 12.2. The summed E-state index contributed by atoms with van der Waals surface area (Å²) in [6.45, 7) is 1.19. The van der Waals surface area contributed by atoms with Crippen molar-refractivity contribution in [1.29, 1.82) is 0 Å². The van der Waals surface area contributed by atoms with Crippen LogP contribution in [0, 0.1) is 0 Å². The molecule has 0 saturated carbocycles. The van der Waals surface area contributed by atoms with E-state index in [1.807, 2.05) is 30.3 Å². The van der Waals surface area contributed by atoms with Crippen LogP contribution in [0.5, 0.6) is 0 Å². The lowest BCUT2D eigenvalue weighted by atomic mass is 9.87. The molecule has 1 aliphatic rings. The Morgan fingerprint density at radius 1 is 0.971 bits per heavy atom. The maximum absolute atomic E-state index is 12.3. The largest absolute Gasteiger partial charge is 0.411 e. The Hall–Kier alpha value is -2.92. The number of nitrogens with zero attached hydrogens (tertiary/aromatic N) is 3. The number of oxime groups is 1. The van der Waals surface area contributed by atoms with Crippen LogP contribution in [0.3, 0.4) is 0 Å². The number of fused-ring (bicyclic) bond motifs is 2. The summed E-state index contributed by atoms with van der Waals surface area (Å²) >= 11 is 0. The fourth-order valence-electron chi connectivity index (χ4n) is 4.92. The molecule has 1 heterocycles. The van der Waals surface area contributed by atoms with E-state index in [0.29, 0.717) is 13.1 Å². The molecule has 3 aromatic rings. The molecule has 5 nitrogen and oxygen atoms in total. The molecule has 0 saturated heterocycles. The highest BCUT2D eigenvalue weighted by molar-refractivity contribution is 6.25. The Labute approximate surface area is 208 Å². The number of aryl methyl sites for hydroxylation is 2. The average molecular weight is 480 g/mol. The highest BCUT2D eigenvalue weighted by atomic mass is 35.5. The third-order valence-electron chi connectivity index (χ3n) is 6.59. The van der Waals surface area contributed by atoms with E-state index in [1.165, 1.54) is 35.0 Å². The summed E-state index contributed by atoms with van der Waals surface area (Å²) in [5.74, 6) is -0.253. The Morgan fingerprint density at radius 3 is 2.53 bits per heavy atom. The zero-order valence-electron chi connectivity index (χ0n) is 19.7. The second-order valence-corrected chi connectivity index (χ2v) is 8.89. The lowest BCUT2D eigenvalue weighted by Crippen LogP contribution is -2.32. The number of para-hydroxylation sites is 1. The Balaban J connectivity index is 0.00000324. The SMILES string of the molecule is Cl.O=C(/C=N/O)N(CCCCCCc1c2c(nc3ccccc13)CCCC2)Cc1ccccc1. The van der Waals surface area contributed by atoms with Gasteiger partial charge in [0.1, 0.15) is 6.21 Å². The monoisotopic (exact) mass is 479 g/mol. The lowest BCUT2D eigenvalue weighted by molar-refractivity contribution is -0.124. The summed E-state index contributed by atoms with van der Waals surface area (Å²) in [6.07, 6.45) is 11.1. The van der Waals surface area contributed by atoms with E-state index in [1.54, 1.807) is 4.90 Å². The molecule has 0 bridgehead atoms. The van der Waals surface area contributed by atoms with Gasteiger partial charge in [-0.2, -0.15) is 0 Å². The van der Waals surface area contributed by atoms with Crippen LogP contribution in [0.1, 0.15) is 60.9 Å². The minimum Gasteiger partial charge on any atom is -0.411 e. The second kappa shape index (κ2) is 13.1. The number of unbranched alkanes of at least 4 members (excludes halogenated alkanes) is 3. The number of hydrogen-bond donors (Lipinski definition) is 1. The molecule has 1 aliphatic carbocycles. The second-order valence-electron chi connectivity index (χ2n) is 8.89. The van der Waals surface area contributed by atoms with Gasteiger partial charge in [0.2, 0.25) is 0 Å². The van der Waals surface area contributed by atoms with Gasteiger partial charge in [-0.05, 0) is 67.7 Å². The summed E-state index contributed by atoms with van der Waals surface area (Å²) in [6, 6.07) is 18.5. The quantitative estimate of drug-likeness (QED) is 0.165. The molecule has 6 heteroatoms.